The zero-order valence-electron chi connectivity index (χ0n) is 18.1. The molecule has 0 fully saturated rings. The molecule has 2 aromatic rings. The zero-order chi connectivity index (χ0) is 23.8. The van der Waals surface area contributed by atoms with Crippen LogP contribution in [-0.4, -0.2) is 17.7 Å². The van der Waals surface area contributed by atoms with Crippen molar-refractivity contribution in [2.75, 3.05) is 0 Å². The number of carbonyl (C=O) groups is 1. The molecule has 0 bridgehead atoms. The van der Waals surface area contributed by atoms with E-state index >= 15 is 0 Å². The number of ether oxygens (including phenoxy) is 2. The van der Waals surface area contributed by atoms with Crippen molar-refractivity contribution < 1.29 is 27.4 Å². The van der Waals surface area contributed by atoms with Crippen LogP contribution in [0, 0.1) is 0 Å². The van der Waals surface area contributed by atoms with Gasteiger partial charge in [-0.25, -0.2) is 4.79 Å². The molecular weight excluding hydrogens is 464 g/mol. The third-order valence-corrected chi connectivity index (χ3v) is 5.33. The van der Waals surface area contributed by atoms with E-state index in [1.165, 1.54) is 30.3 Å². The second-order valence-corrected chi connectivity index (χ2v) is 9.42. The molecule has 3 rings (SSSR count). The number of benzene rings is 2. The van der Waals surface area contributed by atoms with E-state index in [0.29, 0.717) is 38.7 Å². The average Bonchev–Trinajstić information content (AvgIpc) is 3.11. The molecule has 3 nitrogen and oxygen atoms in total. The Morgan fingerprint density at radius 1 is 1.09 bits per heavy atom. The Morgan fingerprint density at radius 3 is 2.25 bits per heavy atom. The fourth-order valence-electron chi connectivity index (χ4n) is 3.57. The Bertz CT molecular complexity index is 1050. The van der Waals surface area contributed by atoms with Crippen LogP contribution in [0.1, 0.15) is 67.3 Å². The Hall–Kier alpha value is -2.18. The summed E-state index contributed by atoms with van der Waals surface area (Å²) in [5.41, 5.74) is 1.07. The van der Waals surface area contributed by atoms with Gasteiger partial charge in [0.25, 0.3) is 0 Å². The lowest BCUT2D eigenvalue weighted by Gasteiger charge is -2.21. The number of hydrogen-bond donors (Lipinski definition) is 0. The van der Waals surface area contributed by atoms with Gasteiger partial charge in [0.05, 0.1) is 5.56 Å². The summed E-state index contributed by atoms with van der Waals surface area (Å²) in [5, 5.41) is 0.626. The maximum atomic E-state index is 13.8. The predicted octanol–water partition coefficient (Wildman–Crippen LogP) is 7.95. The standard InChI is InChI=1S/C24H23Cl2F3O3/c1-5-13-8-14(6-7-18(13)22(30)32-23(2,3)4)19-12-20(31-21(19)24(27,28)29)15-9-16(25)11-17(26)10-15/h6-11,20H,5,12H2,1-4H3. The number of hydrogen-bond acceptors (Lipinski definition) is 3. The largest absolute Gasteiger partial charge is 0.480 e. The molecule has 0 aliphatic carbocycles. The van der Waals surface area contributed by atoms with Crippen molar-refractivity contribution in [1.82, 2.24) is 0 Å². The first-order valence-corrected chi connectivity index (χ1v) is 10.8. The topological polar surface area (TPSA) is 35.5 Å². The van der Waals surface area contributed by atoms with Crippen LogP contribution in [-0.2, 0) is 15.9 Å². The normalized spacial score (nSPS) is 16.8. The van der Waals surface area contributed by atoms with E-state index in [9.17, 15) is 18.0 Å². The minimum absolute atomic E-state index is 0.0134. The molecule has 32 heavy (non-hydrogen) atoms. The summed E-state index contributed by atoms with van der Waals surface area (Å²) in [5.74, 6) is -1.56. The first-order valence-electron chi connectivity index (χ1n) is 10.1. The van der Waals surface area contributed by atoms with Crippen LogP contribution in [0.3, 0.4) is 0 Å². The molecule has 0 saturated heterocycles. The van der Waals surface area contributed by atoms with E-state index in [4.69, 9.17) is 32.7 Å². The lowest BCUT2D eigenvalue weighted by molar-refractivity contribution is -0.133. The molecular formula is C24H23Cl2F3O3. The third kappa shape index (κ3) is 5.59. The van der Waals surface area contributed by atoms with E-state index in [2.05, 4.69) is 0 Å². The van der Waals surface area contributed by atoms with E-state index in [1.54, 1.807) is 26.8 Å². The van der Waals surface area contributed by atoms with Gasteiger partial charge in [-0.2, -0.15) is 13.2 Å². The molecule has 0 radical (unpaired) electrons. The number of allylic oxidation sites excluding steroid dienone is 1. The number of carbonyl (C=O) groups excluding carboxylic acids is 1. The first-order chi connectivity index (χ1) is 14.8. The number of esters is 1. The first kappa shape index (κ1) is 24.5. The molecule has 1 atom stereocenters. The highest BCUT2D eigenvalue weighted by Gasteiger charge is 2.45. The number of alkyl halides is 3. The molecule has 172 valence electrons. The SMILES string of the molecule is CCc1cc(C2=C(C(F)(F)F)OC(c3cc(Cl)cc(Cl)c3)C2)ccc1C(=O)OC(C)(C)C. The Morgan fingerprint density at radius 2 is 1.72 bits per heavy atom. The zero-order valence-corrected chi connectivity index (χ0v) is 19.6. The van der Waals surface area contributed by atoms with E-state index in [0.717, 1.165) is 0 Å². The molecule has 0 aromatic heterocycles. The van der Waals surface area contributed by atoms with Crippen molar-refractivity contribution >= 4 is 34.7 Å². The van der Waals surface area contributed by atoms with Crippen LogP contribution in [0.2, 0.25) is 10.0 Å². The highest BCUT2D eigenvalue weighted by atomic mass is 35.5. The van der Waals surface area contributed by atoms with Gasteiger partial charge in [-0.3, -0.25) is 0 Å². The summed E-state index contributed by atoms with van der Waals surface area (Å²) in [7, 11) is 0. The van der Waals surface area contributed by atoms with Crippen molar-refractivity contribution in [3.05, 3.63) is 74.5 Å². The third-order valence-electron chi connectivity index (χ3n) is 4.89. The molecule has 0 spiro atoms. The molecule has 1 aliphatic heterocycles. The van der Waals surface area contributed by atoms with Gasteiger partial charge in [0.15, 0.2) is 0 Å². The van der Waals surface area contributed by atoms with Gasteiger partial charge in [-0.15, -0.1) is 0 Å². The maximum Gasteiger partial charge on any atom is 0.449 e. The van der Waals surface area contributed by atoms with Crippen LogP contribution in [0.25, 0.3) is 5.57 Å². The van der Waals surface area contributed by atoms with Gasteiger partial charge in [0.1, 0.15) is 11.7 Å². The van der Waals surface area contributed by atoms with Crippen LogP contribution in [0.5, 0.6) is 0 Å². The van der Waals surface area contributed by atoms with Crippen LogP contribution < -0.4 is 0 Å². The maximum absolute atomic E-state index is 13.8. The van der Waals surface area contributed by atoms with Crippen molar-refractivity contribution in [3.8, 4) is 0 Å². The summed E-state index contributed by atoms with van der Waals surface area (Å²) in [6.45, 7) is 7.09. The molecule has 1 aliphatic rings. The second kappa shape index (κ2) is 8.99. The predicted molar refractivity (Wildman–Crippen MR) is 119 cm³/mol. The lowest BCUT2D eigenvalue weighted by atomic mass is 9.93. The summed E-state index contributed by atoms with van der Waals surface area (Å²) < 4.78 is 52.2. The van der Waals surface area contributed by atoms with Crippen LogP contribution in [0.15, 0.2) is 42.2 Å². The average molecular weight is 487 g/mol. The van der Waals surface area contributed by atoms with E-state index in [-0.39, 0.29) is 12.0 Å². The van der Waals surface area contributed by atoms with Gasteiger partial charge in [-0.05, 0) is 68.1 Å². The number of halogens is 5. The van der Waals surface area contributed by atoms with Crippen LogP contribution in [0.4, 0.5) is 13.2 Å². The van der Waals surface area contributed by atoms with Gasteiger partial charge >= 0.3 is 12.1 Å². The highest BCUT2D eigenvalue weighted by molar-refractivity contribution is 6.34. The Labute approximate surface area is 195 Å². The monoisotopic (exact) mass is 486 g/mol. The summed E-state index contributed by atoms with van der Waals surface area (Å²) >= 11 is 12.0. The molecule has 8 heteroatoms. The van der Waals surface area contributed by atoms with Gasteiger partial charge in [-0.1, -0.05) is 42.3 Å². The van der Waals surface area contributed by atoms with Gasteiger partial charge < -0.3 is 9.47 Å². The minimum atomic E-state index is -4.68. The molecule has 0 saturated carbocycles. The Kier molecular flexibility index (Phi) is 6.87. The Balaban J connectivity index is 2.00. The molecule has 0 N–H and O–H groups in total. The highest BCUT2D eigenvalue weighted by Crippen LogP contribution is 2.48. The fraction of sp³-hybridized carbons (Fsp3) is 0.375. The number of rotatable bonds is 4. The quantitative estimate of drug-likeness (QED) is 0.411. The summed E-state index contributed by atoms with van der Waals surface area (Å²) in [4.78, 5) is 12.5. The van der Waals surface area contributed by atoms with E-state index < -0.39 is 29.6 Å². The van der Waals surface area contributed by atoms with Gasteiger partial charge in [0.2, 0.25) is 5.76 Å². The van der Waals surface area contributed by atoms with Crippen molar-refractivity contribution in [2.24, 2.45) is 0 Å². The second-order valence-electron chi connectivity index (χ2n) is 8.55. The van der Waals surface area contributed by atoms with Crippen LogP contribution >= 0.6 is 23.2 Å². The smallest absolute Gasteiger partial charge is 0.449 e. The molecule has 1 heterocycles. The minimum Gasteiger partial charge on any atom is -0.480 e. The van der Waals surface area contributed by atoms with Gasteiger partial charge in [0, 0.05) is 22.0 Å². The van der Waals surface area contributed by atoms with Crippen molar-refractivity contribution in [1.29, 1.82) is 0 Å². The molecule has 1 unspecified atom stereocenters. The summed E-state index contributed by atoms with van der Waals surface area (Å²) in [6.07, 6.45) is -5.12. The number of aryl methyl sites for hydroxylation is 1. The summed E-state index contributed by atoms with van der Waals surface area (Å²) in [6, 6.07) is 9.18. The van der Waals surface area contributed by atoms with E-state index in [1.807, 2.05) is 6.92 Å². The van der Waals surface area contributed by atoms with Crippen molar-refractivity contribution in [3.63, 3.8) is 0 Å². The fourth-order valence-corrected chi connectivity index (χ4v) is 4.12. The van der Waals surface area contributed by atoms with Crippen molar-refractivity contribution in [2.45, 2.75) is 58.4 Å². The lowest BCUT2D eigenvalue weighted by Crippen LogP contribution is -2.24. The molecule has 2 aromatic carbocycles. The molecule has 0 amide bonds.